The molecule has 15 heavy (non-hydrogen) atoms. The van der Waals surface area contributed by atoms with Gasteiger partial charge in [0.25, 0.3) is 0 Å². The Kier molecular flexibility index (Phi) is 4.05. The molecule has 1 aromatic carbocycles. The molecular weight excluding hydrogens is 277 g/mol. The van der Waals surface area contributed by atoms with Gasteiger partial charge >= 0.3 is 0 Å². The highest BCUT2D eigenvalue weighted by molar-refractivity contribution is 9.10. The molecule has 0 saturated carbocycles. The van der Waals surface area contributed by atoms with Crippen LogP contribution in [0.3, 0.4) is 0 Å². The molecule has 1 fully saturated rings. The Morgan fingerprint density at radius 3 is 2.87 bits per heavy atom. The van der Waals surface area contributed by atoms with E-state index >= 15 is 0 Å². The molecule has 1 aliphatic heterocycles. The monoisotopic (exact) mass is 289 g/mol. The van der Waals surface area contributed by atoms with Crippen molar-refractivity contribution in [2.75, 3.05) is 18.8 Å². The lowest BCUT2D eigenvalue weighted by Gasteiger charge is -2.26. The molecule has 4 heteroatoms. The van der Waals surface area contributed by atoms with Crippen LogP contribution in [0.5, 0.6) is 0 Å². The molecule has 1 nitrogen and oxygen atoms in total. The Labute approximate surface area is 102 Å². The highest BCUT2D eigenvalue weighted by atomic mass is 79.9. The summed E-state index contributed by atoms with van der Waals surface area (Å²) in [6.07, 6.45) is 0. The summed E-state index contributed by atoms with van der Waals surface area (Å²) < 4.78 is 14.2. The maximum absolute atomic E-state index is 13.4. The second kappa shape index (κ2) is 5.32. The highest BCUT2D eigenvalue weighted by Gasteiger charge is 2.16. The molecule has 2 rings (SSSR count). The third-order valence-electron chi connectivity index (χ3n) is 2.49. The average molecular weight is 290 g/mol. The molecule has 0 aliphatic carbocycles. The van der Waals surface area contributed by atoms with Crippen LogP contribution in [0.25, 0.3) is 0 Å². The number of benzene rings is 1. The Morgan fingerprint density at radius 2 is 2.27 bits per heavy atom. The normalized spacial score (nSPS) is 16.4. The van der Waals surface area contributed by atoms with E-state index in [1.807, 2.05) is 23.9 Å². The lowest BCUT2D eigenvalue weighted by Crippen LogP contribution is -2.43. The van der Waals surface area contributed by atoms with Crippen molar-refractivity contribution in [1.82, 2.24) is 5.32 Å². The molecule has 0 atom stereocenters. The number of nitrogens with one attached hydrogen (secondary N) is 1. The second-order valence-corrected chi connectivity index (χ2v) is 5.72. The van der Waals surface area contributed by atoms with E-state index in [9.17, 15) is 4.39 Å². The van der Waals surface area contributed by atoms with Crippen molar-refractivity contribution < 1.29 is 4.39 Å². The van der Waals surface area contributed by atoms with Crippen LogP contribution in [0.4, 0.5) is 4.39 Å². The van der Waals surface area contributed by atoms with Crippen LogP contribution in [-0.2, 0) is 5.75 Å². The summed E-state index contributed by atoms with van der Waals surface area (Å²) in [4.78, 5) is 0. The van der Waals surface area contributed by atoms with Crippen molar-refractivity contribution in [2.45, 2.75) is 5.75 Å². The van der Waals surface area contributed by atoms with Crippen molar-refractivity contribution in [2.24, 2.45) is 5.92 Å². The first-order valence-electron chi connectivity index (χ1n) is 4.98. The van der Waals surface area contributed by atoms with Gasteiger partial charge in [-0.15, -0.1) is 0 Å². The number of hydrogen-bond donors (Lipinski definition) is 1. The zero-order valence-electron chi connectivity index (χ0n) is 8.30. The van der Waals surface area contributed by atoms with Crippen molar-refractivity contribution in [3.63, 3.8) is 0 Å². The molecule has 0 amide bonds. The number of thioether (sulfide) groups is 1. The van der Waals surface area contributed by atoms with Gasteiger partial charge < -0.3 is 5.32 Å². The minimum Gasteiger partial charge on any atom is -0.316 e. The fourth-order valence-corrected chi connectivity index (χ4v) is 2.91. The van der Waals surface area contributed by atoms with Crippen LogP contribution in [0.2, 0.25) is 0 Å². The predicted octanol–water partition coefficient (Wildman–Crippen LogP) is 3.04. The first-order valence-corrected chi connectivity index (χ1v) is 6.93. The Morgan fingerprint density at radius 1 is 1.47 bits per heavy atom. The molecule has 1 aromatic rings. The van der Waals surface area contributed by atoms with Crippen molar-refractivity contribution in [3.05, 3.63) is 34.1 Å². The fourth-order valence-electron chi connectivity index (χ4n) is 1.44. The van der Waals surface area contributed by atoms with Crippen molar-refractivity contribution in [1.29, 1.82) is 0 Å². The quantitative estimate of drug-likeness (QED) is 0.914. The summed E-state index contributed by atoms with van der Waals surface area (Å²) >= 11 is 5.07. The van der Waals surface area contributed by atoms with Gasteiger partial charge in [0.15, 0.2) is 0 Å². The summed E-state index contributed by atoms with van der Waals surface area (Å²) in [5, 5.41) is 3.24. The van der Waals surface area contributed by atoms with E-state index in [2.05, 4.69) is 21.2 Å². The van der Waals surface area contributed by atoms with Gasteiger partial charge in [-0.2, -0.15) is 11.8 Å². The third kappa shape index (κ3) is 3.20. The van der Waals surface area contributed by atoms with Gasteiger partial charge in [-0.1, -0.05) is 22.0 Å². The van der Waals surface area contributed by atoms with Crippen LogP contribution in [0, 0.1) is 11.7 Å². The number of hydrogen-bond acceptors (Lipinski definition) is 2. The Hall–Kier alpha value is -0.0600. The van der Waals surface area contributed by atoms with E-state index in [0.717, 1.165) is 40.5 Å². The summed E-state index contributed by atoms with van der Waals surface area (Å²) in [6, 6.07) is 5.27. The standard InChI is InChI=1S/C11H13BrFNS/c12-10-2-1-9(11(13)3-10)7-15-6-8-4-14-5-8/h1-3,8,14H,4-7H2. The maximum atomic E-state index is 13.4. The first kappa shape index (κ1) is 11.4. The molecular formula is C11H13BrFNS. The SMILES string of the molecule is Fc1cc(Br)ccc1CSCC1CNC1. The van der Waals surface area contributed by atoms with Crippen LogP contribution in [-0.4, -0.2) is 18.8 Å². The van der Waals surface area contributed by atoms with Crippen LogP contribution in [0.15, 0.2) is 22.7 Å². The summed E-state index contributed by atoms with van der Waals surface area (Å²) in [7, 11) is 0. The molecule has 1 aliphatic rings. The van der Waals surface area contributed by atoms with Crippen LogP contribution in [0.1, 0.15) is 5.56 Å². The van der Waals surface area contributed by atoms with Crippen LogP contribution < -0.4 is 5.32 Å². The summed E-state index contributed by atoms with van der Waals surface area (Å²) in [5.74, 6) is 2.58. The lowest BCUT2D eigenvalue weighted by molar-refractivity contribution is 0.385. The molecule has 1 heterocycles. The smallest absolute Gasteiger partial charge is 0.128 e. The number of halogens is 2. The van der Waals surface area contributed by atoms with Gasteiger partial charge in [-0.3, -0.25) is 0 Å². The Bertz CT molecular complexity index is 341. The maximum Gasteiger partial charge on any atom is 0.128 e. The molecule has 0 radical (unpaired) electrons. The minimum absolute atomic E-state index is 0.108. The zero-order valence-corrected chi connectivity index (χ0v) is 10.7. The van der Waals surface area contributed by atoms with Crippen molar-refractivity contribution in [3.8, 4) is 0 Å². The average Bonchev–Trinajstić information content (AvgIpc) is 2.12. The predicted molar refractivity (Wildman–Crippen MR) is 66.6 cm³/mol. The van der Waals surface area contributed by atoms with Gasteiger partial charge in [0.05, 0.1) is 0 Å². The van der Waals surface area contributed by atoms with E-state index in [0.29, 0.717) is 0 Å². The third-order valence-corrected chi connectivity index (χ3v) is 4.21. The molecule has 0 unspecified atom stereocenters. The fraction of sp³-hybridized carbons (Fsp3) is 0.455. The molecule has 1 saturated heterocycles. The van der Waals surface area contributed by atoms with Crippen LogP contribution >= 0.6 is 27.7 Å². The van der Waals surface area contributed by atoms with E-state index in [1.54, 1.807) is 0 Å². The van der Waals surface area contributed by atoms with E-state index in [1.165, 1.54) is 6.07 Å². The van der Waals surface area contributed by atoms with Gasteiger partial charge in [-0.25, -0.2) is 4.39 Å². The summed E-state index contributed by atoms with van der Waals surface area (Å²) in [5.41, 5.74) is 0.801. The summed E-state index contributed by atoms with van der Waals surface area (Å²) in [6.45, 7) is 2.24. The first-order chi connectivity index (χ1) is 7.25. The topological polar surface area (TPSA) is 12.0 Å². The largest absolute Gasteiger partial charge is 0.316 e. The molecule has 82 valence electrons. The van der Waals surface area contributed by atoms with E-state index in [-0.39, 0.29) is 5.82 Å². The molecule has 0 spiro atoms. The molecule has 0 bridgehead atoms. The lowest BCUT2D eigenvalue weighted by atomic mass is 10.1. The van der Waals surface area contributed by atoms with E-state index in [4.69, 9.17) is 0 Å². The van der Waals surface area contributed by atoms with E-state index < -0.39 is 0 Å². The van der Waals surface area contributed by atoms with Gasteiger partial charge in [0.2, 0.25) is 0 Å². The minimum atomic E-state index is -0.108. The second-order valence-electron chi connectivity index (χ2n) is 3.78. The molecule has 0 aromatic heterocycles. The van der Waals surface area contributed by atoms with Crippen molar-refractivity contribution >= 4 is 27.7 Å². The van der Waals surface area contributed by atoms with Gasteiger partial charge in [0, 0.05) is 10.2 Å². The Balaban J connectivity index is 1.81. The number of rotatable bonds is 4. The highest BCUT2D eigenvalue weighted by Crippen LogP contribution is 2.21. The molecule has 1 N–H and O–H groups in total. The zero-order chi connectivity index (χ0) is 10.7. The van der Waals surface area contributed by atoms with Gasteiger partial charge in [-0.05, 0) is 42.5 Å². The van der Waals surface area contributed by atoms with Gasteiger partial charge in [0.1, 0.15) is 5.82 Å².